The summed E-state index contributed by atoms with van der Waals surface area (Å²) in [5, 5.41) is 32.7. The number of nitrogens with one attached hydrogen (secondary N) is 1. The van der Waals surface area contributed by atoms with Crippen molar-refractivity contribution < 1.29 is 20.1 Å². The van der Waals surface area contributed by atoms with Crippen molar-refractivity contribution in [1.29, 1.82) is 0 Å². The maximum absolute atomic E-state index is 10.2. The number of aliphatic hydroxyl groups is 3. The van der Waals surface area contributed by atoms with Crippen molar-refractivity contribution >= 4 is 17.0 Å². The van der Waals surface area contributed by atoms with Crippen LogP contribution in [0.25, 0.3) is 11.2 Å². The minimum atomic E-state index is -1.20. The van der Waals surface area contributed by atoms with E-state index in [2.05, 4.69) is 25.3 Å². The summed E-state index contributed by atoms with van der Waals surface area (Å²) in [6.07, 6.45) is 3.05. The smallest absolute Gasteiger partial charge is 0.167 e. The Balaban J connectivity index is 1.53. The Morgan fingerprint density at radius 1 is 1.11 bits per heavy atom. The van der Waals surface area contributed by atoms with Crippen molar-refractivity contribution in [2.75, 3.05) is 18.5 Å². The predicted octanol–water partition coefficient (Wildman–Crippen LogP) is -0.513. The lowest BCUT2D eigenvalue weighted by atomic mass is 10.1. The highest BCUT2D eigenvalue weighted by atomic mass is 16.6. The summed E-state index contributed by atoms with van der Waals surface area (Å²) < 4.78 is 7.09. The highest BCUT2D eigenvalue weighted by Crippen LogP contribution is 2.32. The van der Waals surface area contributed by atoms with Crippen molar-refractivity contribution in [3.8, 4) is 0 Å². The molecule has 0 amide bonds. The van der Waals surface area contributed by atoms with E-state index >= 15 is 0 Å². The van der Waals surface area contributed by atoms with Crippen LogP contribution in [-0.2, 0) is 11.2 Å². The predicted molar refractivity (Wildman–Crippen MR) is 94.8 cm³/mol. The number of anilines is 1. The van der Waals surface area contributed by atoms with Gasteiger partial charge in [0.25, 0.3) is 0 Å². The third kappa shape index (κ3) is 3.35. The first-order valence-electron chi connectivity index (χ1n) is 8.62. The largest absolute Gasteiger partial charge is 0.394 e. The Labute approximate surface area is 154 Å². The number of nitrogens with zero attached hydrogens (tertiary/aromatic N) is 5. The molecule has 0 aromatic carbocycles. The molecule has 4 rings (SSSR count). The molecule has 1 saturated heterocycles. The molecule has 4 unspecified atom stereocenters. The number of hydrogen-bond donors (Lipinski definition) is 4. The minimum Gasteiger partial charge on any atom is -0.394 e. The number of aliphatic hydroxyl groups excluding tert-OH is 3. The van der Waals surface area contributed by atoms with Gasteiger partial charge < -0.3 is 25.4 Å². The second-order valence-electron chi connectivity index (χ2n) is 6.31. The summed E-state index contributed by atoms with van der Waals surface area (Å²) in [7, 11) is 0. The van der Waals surface area contributed by atoms with Crippen molar-refractivity contribution in [2.24, 2.45) is 0 Å². The Morgan fingerprint density at radius 2 is 1.93 bits per heavy atom. The molecule has 1 aliphatic rings. The molecule has 0 spiro atoms. The van der Waals surface area contributed by atoms with Crippen LogP contribution in [0.5, 0.6) is 0 Å². The Hall–Kier alpha value is -2.66. The van der Waals surface area contributed by atoms with Gasteiger partial charge in [-0.3, -0.25) is 9.55 Å². The molecule has 4 N–H and O–H groups in total. The van der Waals surface area contributed by atoms with E-state index in [1.807, 2.05) is 12.1 Å². The third-order valence-corrected chi connectivity index (χ3v) is 4.61. The van der Waals surface area contributed by atoms with Crippen LogP contribution in [0.3, 0.4) is 0 Å². The molecular weight excluding hydrogens is 352 g/mol. The molecular formula is C17H20N6O4. The van der Waals surface area contributed by atoms with Crippen LogP contribution < -0.4 is 5.32 Å². The SMILES string of the molecule is OCC1OC(n2cnc3c(NCCc4ccncc4)ncnc32)C(O)C1O. The average molecular weight is 372 g/mol. The first-order chi connectivity index (χ1) is 13.2. The standard InChI is InChI=1S/C17H20N6O4/c24-7-11-13(25)14(26)17(27-11)23-9-22-12-15(20-8-21-16(12)23)19-6-3-10-1-4-18-5-2-10/h1-2,4-5,8-9,11,13-14,17,24-26H,3,6-7H2,(H,19,20,21). The van der Waals surface area contributed by atoms with Crippen molar-refractivity contribution in [2.45, 2.75) is 31.0 Å². The molecule has 3 aromatic heterocycles. The second kappa shape index (κ2) is 7.53. The Morgan fingerprint density at radius 3 is 2.67 bits per heavy atom. The van der Waals surface area contributed by atoms with Crippen LogP contribution in [0.15, 0.2) is 37.2 Å². The van der Waals surface area contributed by atoms with Crippen LogP contribution >= 0.6 is 0 Å². The zero-order chi connectivity index (χ0) is 18.8. The minimum absolute atomic E-state index is 0.391. The lowest BCUT2D eigenvalue weighted by molar-refractivity contribution is -0.0511. The fourth-order valence-corrected chi connectivity index (χ4v) is 3.15. The van der Waals surface area contributed by atoms with Gasteiger partial charge in [-0.2, -0.15) is 0 Å². The van der Waals surface area contributed by atoms with E-state index < -0.39 is 31.1 Å². The van der Waals surface area contributed by atoms with Crippen LogP contribution in [0.2, 0.25) is 0 Å². The van der Waals surface area contributed by atoms with E-state index in [-0.39, 0.29) is 0 Å². The van der Waals surface area contributed by atoms with Gasteiger partial charge in [-0.1, -0.05) is 0 Å². The van der Waals surface area contributed by atoms with E-state index in [4.69, 9.17) is 4.74 Å². The van der Waals surface area contributed by atoms with Gasteiger partial charge in [0.2, 0.25) is 0 Å². The van der Waals surface area contributed by atoms with Crippen molar-refractivity contribution in [1.82, 2.24) is 24.5 Å². The summed E-state index contributed by atoms with van der Waals surface area (Å²) in [6.45, 7) is 0.259. The van der Waals surface area contributed by atoms with Gasteiger partial charge >= 0.3 is 0 Å². The van der Waals surface area contributed by atoms with Crippen LogP contribution in [0.4, 0.5) is 5.82 Å². The summed E-state index contributed by atoms with van der Waals surface area (Å²) in [4.78, 5) is 16.8. The van der Waals surface area contributed by atoms with Gasteiger partial charge in [0.15, 0.2) is 23.2 Å². The van der Waals surface area contributed by atoms with E-state index in [9.17, 15) is 15.3 Å². The van der Waals surface area contributed by atoms with Crippen molar-refractivity contribution in [3.63, 3.8) is 0 Å². The lowest BCUT2D eigenvalue weighted by Crippen LogP contribution is -2.33. The highest BCUT2D eigenvalue weighted by Gasteiger charge is 2.44. The van der Waals surface area contributed by atoms with Gasteiger partial charge in [-0.15, -0.1) is 0 Å². The maximum atomic E-state index is 10.2. The van der Waals surface area contributed by atoms with Crippen LogP contribution in [0, 0.1) is 0 Å². The van der Waals surface area contributed by atoms with Crippen LogP contribution in [0.1, 0.15) is 11.8 Å². The number of pyridine rings is 1. The molecule has 0 radical (unpaired) electrons. The second-order valence-corrected chi connectivity index (χ2v) is 6.31. The molecule has 10 heteroatoms. The van der Waals surface area contributed by atoms with Gasteiger partial charge in [0.1, 0.15) is 24.6 Å². The highest BCUT2D eigenvalue weighted by molar-refractivity contribution is 5.82. The third-order valence-electron chi connectivity index (χ3n) is 4.61. The number of fused-ring (bicyclic) bond motifs is 1. The Bertz CT molecular complexity index is 905. The number of ether oxygens (including phenoxy) is 1. The molecule has 1 fully saturated rings. The van der Waals surface area contributed by atoms with E-state index in [1.54, 1.807) is 12.4 Å². The molecule has 0 bridgehead atoms. The van der Waals surface area contributed by atoms with E-state index in [0.29, 0.717) is 23.5 Å². The summed E-state index contributed by atoms with van der Waals surface area (Å²) in [5.41, 5.74) is 2.15. The van der Waals surface area contributed by atoms with Gasteiger partial charge in [-0.25, -0.2) is 15.0 Å². The first kappa shape index (κ1) is 17.7. The van der Waals surface area contributed by atoms with Crippen molar-refractivity contribution in [3.05, 3.63) is 42.7 Å². The molecule has 0 aliphatic carbocycles. The molecule has 1 aliphatic heterocycles. The summed E-state index contributed by atoms with van der Waals surface area (Å²) in [6, 6.07) is 3.90. The maximum Gasteiger partial charge on any atom is 0.167 e. The zero-order valence-corrected chi connectivity index (χ0v) is 14.4. The number of aromatic nitrogens is 5. The van der Waals surface area contributed by atoms with Gasteiger partial charge in [0, 0.05) is 18.9 Å². The normalized spacial score (nSPS) is 25.1. The summed E-state index contributed by atoms with van der Waals surface area (Å²) in [5.74, 6) is 0.569. The number of rotatable bonds is 6. The van der Waals surface area contributed by atoms with Crippen LogP contribution in [-0.4, -0.2) is 71.3 Å². The van der Waals surface area contributed by atoms with E-state index in [1.165, 1.54) is 17.2 Å². The topological polar surface area (TPSA) is 138 Å². The molecule has 27 heavy (non-hydrogen) atoms. The van der Waals surface area contributed by atoms with Gasteiger partial charge in [-0.05, 0) is 24.1 Å². The zero-order valence-electron chi connectivity index (χ0n) is 14.4. The molecule has 4 atom stereocenters. The molecule has 0 saturated carbocycles. The number of imidazole rings is 1. The van der Waals surface area contributed by atoms with E-state index in [0.717, 1.165) is 12.0 Å². The number of hydrogen-bond acceptors (Lipinski definition) is 9. The van der Waals surface area contributed by atoms with Gasteiger partial charge in [0.05, 0.1) is 12.9 Å². The first-order valence-corrected chi connectivity index (χ1v) is 8.62. The quantitative estimate of drug-likeness (QED) is 0.450. The Kier molecular flexibility index (Phi) is 4.94. The average Bonchev–Trinajstić information content (AvgIpc) is 3.25. The molecule has 10 nitrogen and oxygen atoms in total. The lowest BCUT2D eigenvalue weighted by Gasteiger charge is -2.16. The molecule has 4 heterocycles. The molecule has 3 aromatic rings. The summed E-state index contributed by atoms with van der Waals surface area (Å²) >= 11 is 0. The molecule has 142 valence electrons. The fraction of sp³-hybridized carbons (Fsp3) is 0.412. The fourth-order valence-electron chi connectivity index (χ4n) is 3.15. The monoisotopic (exact) mass is 372 g/mol.